The molecule has 2 aromatic rings. The Morgan fingerprint density at radius 3 is 2.96 bits per heavy atom. The van der Waals surface area contributed by atoms with Gasteiger partial charge in [0.1, 0.15) is 6.54 Å². The number of ether oxygens (including phenoxy) is 1. The first-order valence-corrected chi connectivity index (χ1v) is 9.78. The van der Waals surface area contributed by atoms with Crippen LogP contribution in [-0.4, -0.2) is 39.9 Å². The quantitative estimate of drug-likeness (QED) is 0.533. The minimum Gasteiger partial charge on any atom is -0.480 e. The zero-order chi connectivity index (χ0) is 18.5. The van der Waals surface area contributed by atoms with E-state index in [0.29, 0.717) is 5.88 Å². The second-order valence-electron chi connectivity index (χ2n) is 6.79. The van der Waals surface area contributed by atoms with Gasteiger partial charge in [0.15, 0.2) is 6.23 Å². The minimum atomic E-state index is -0.879. The molecule has 1 unspecified atom stereocenters. The number of alkyl halides is 1. The first kappa shape index (κ1) is 19.0. The van der Waals surface area contributed by atoms with Crippen LogP contribution < -0.4 is 5.32 Å². The van der Waals surface area contributed by atoms with Gasteiger partial charge in [-0.25, -0.2) is 4.68 Å². The predicted octanol–water partition coefficient (Wildman–Crippen LogP) is 4.10. The molecule has 1 aliphatic heterocycles. The third kappa shape index (κ3) is 4.30. The number of carboxylic acids is 1. The molecule has 1 aromatic carbocycles. The number of rotatable bonds is 8. The van der Waals surface area contributed by atoms with E-state index in [2.05, 4.69) is 11.4 Å². The summed E-state index contributed by atoms with van der Waals surface area (Å²) in [5, 5.41) is 17.9. The standard InChI is InChI=1S/C19H26ClN3O3/c1-13-10-14-15(6-2-4-8-20)22-23(18-7-3-5-9-26-18)17(14)11-16(13)21-12-19(24)25/h10-11,18,21H,2-9,12H2,1H3,(H,24,25). The summed E-state index contributed by atoms with van der Waals surface area (Å²) in [5.41, 5.74) is 3.90. The number of carbonyl (C=O) groups is 1. The average molecular weight is 380 g/mol. The van der Waals surface area contributed by atoms with Crippen molar-refractivity contribution >= 4 is 34.2 Å². The van der Waals surface area contributed by atoms with Crippen molar-refractivity contribution in [3.8, 4) is 0 Å². The molecule has 7 heteroatoms. The zero-order valence-electron chi connectivity index (χ0n) is 15.1. The lowest BCUT2D eigenvalue weighted by Crippen LogP contribution is -2.19. The van der Waals surface area contributed by atoms with Crippen LogP contribution >= 0.6 is 11.6 Å². The van der Waals surface area contributed by atoms with Crippen molar-refractivity contribution in [2.24, 2.45) is 0 Å². The van der Waals surface area contributed by atoms with Crippen LogP contribution in [0.1, 0.15) is 49.6 Å². The number of hydrogen-bond acceptors (Lipinski definition) is 4. The van der Waals surface area contributed by atoms with Crippen LogP contribution in [0, 0.1) is 6.92 Å². The van der Waals surface area contributed by atoms with Gasteiger partial charge in [-0.1, -0.05) is 0 Å². The number of benzene rings is 1. The normalized spacial score (nSPS) is 17.5. The number of aryl methyl sites for hydroxylation is 2. The van der Waals surface area contributed by atoms with E-state index < -0.39 is 5.97 Å². The van der Waals surface area contributed by atoms with Crippen molar-refractivity contribution in [1.29, 1.82) is 0 Å². The number of anilines is 1. The first-order valence-electron chi connectivity index (χ1n) is 9.25. The van der Waals surface area contributed by atoms with E-state index in [1.54, 1.807) is 0 Å². The molecule has 142 valence electrons. The molecule has 2 N–H and O–H groups in total. The predicted molar refractivity (Wildman–Crippen MR) is 103 cm³/mol. The fraction of sp³-hybridized carbons (Fsp3) is 0.579. The highest BCUT2D eigenvalue weighted by Gasteiger charge is 2.21. The molecule has 0 amide bonds. The highest BCUT2D eigenvalue weighted by molar-refractivity contribution is 6.17. The maximum Gasteiger partial charge on any atom is 0.322 e. The average Bonchev–Trinajstić information content (AvgIpc) is 2.98. The molecule has 2 heterocycles. The SMILES string of the molecule is Cc1cc2c(CCCCCl)nn(C3CCCCO3)c2cc1NCC(=O)O. The van der Waals surface area contributed by atoms with Crippen LogP contribution in [0.15, 0.2) is 12.1 Å². The summed E-state index contributed by atoms with van der Waals surface area (Å²) in [5.74, 6) is -0.220. The van der Waals surface area contributed by atoms with Gasteiger partial charge in [-0.15, -0.1) is 11.6 Å². The monoisotopic (exact) mass is 379 g/mol. The summed E-state index contributed by atoms with van der Waals surface area (Å²) in [4.78, 5) is 10.9. The highest BCUT2D eigenvalue weighted by atomic mass is 35.5. The molecule has 3 rings (SSSR count). The van der Waals surface area contributed by atoms with Gasteiger partial charge in [0.25, 0.3) is 0 Å². The number of nitrogens with one attached hydrogen (secondary N) is 1. The third-order valence-electron chi connectivity index (χ3n) is 4.78. The second-order valence-corrected chi connectivity index (χ2v) is 7.17. The summed E-state index contributed by atoms with van der Waals surface area (Å²) in [6, 6.07) is 4.10. The van der Waals surface area contributed by atoms with E-state index in [1.807, 2.05) is 17.7 Å². The van der Waals surface area contributed by atoms with Gasteiger partial charge in [0.05, 0.1) is 11.2 Å². The van der Waals surface area contributed by atoms with Crippen LogP contribution in [0.4, 0.5) is 5.69 Å². The lowest BCUT2D eigenvalue weighted by Gasteiger charge is -2.23. The number of fused-ring (bicyclic) bond motifs is 1. The third-order valence-corrected chi connectivity index (χ3v) is 5.05. The first-order chi connectivity index (χ1) is 12.6. The molecule has 1 aromatic heterocycles. The maximum atomic E-state index is 10.9. The van der Waals surface area contributed by atoms with E-state index in [1.165, 1.54) is 0 Å². The van der Waals surface area contributed by atoms with Crippen molar-refractivity contribution in [3.05, 3.63) is 23.4 Å². The Morgan fingerprint density at radius 1 is 1.42 bits per heavy atom. The Kier molecular flexibility index (Phi) is 6.38. The Hall–Kier alpha value is -1.79. The zero-order valence-corrected chi connectivity index (χ0v) is 15.9. The summed E-state index contributed by atoms with van der Waals surface area (Å²) in [6.45, 7) is 2.63. The molecular weight excluding hydrogens is 354 g/mol. The van der Waals surface area contributed by atoms with E-state index in [0.717, 1.165) is 73.0 Å². The van der Waals surface area contributed by atoms with Gasteiger partial charge < -0.3 is 15.2 Å². The van der Waals surface area contributed by atoms with Crippen molar-refractivity contribution in [2.45, 2.75) is 51.7 Å². The maximum absolute atomic E-state index is 10.9. The molecule has 0 aliphatic carbocycles. The number of hydrogen-bond donors (Lipinski definition) is 2. The van der Waals surface area contributed by atoms with Crippen molar-refractivity contribution in [3.63, 3.8) is 0 Å². The van der Waals surface area contributed by atoms with Crippen LogP contribution in [0.5, 0.6) is 0 Å². The molecule has 6 nitrogen and oxygen atoms in total. The number of aromatic nitrogens is 2. The minimum absolute atomic E-state index is 0.0527. The second kappa shape index (κ2) is 8.73. The van der Waals surface area contributed by atoms with Crippen LogP contribution in [0.25, 0.3) is 10.9 Å². The molecule has 1 fully saturated rings. The van der Waals surface area contributed by atoms with E-state index in [-0.39, 0.29) is 12.8 Å². The number of carboxylic acid groups (broad SMARTS) is 1. The molecule has 1 atom stereocenters. The molecular formula is C19H26ClN3O3. The summed E-state index contributed by atoms with van der Waals surface area (Å²) >= 11 is 5.82. The topological polar surface area (TPSA) is 76.4 Å². The highest BCUT2D eigenvalue weighted by Crippen LogP contribution is 2.32. The fourth-order valence-electron chi connectivity index (χ4n) is 3.42. The lowest BCUT2D eigenvalue weighted by molar-refractivity contribution is -0.134. The Balaban J connectivity index is 1.99. The van der Waals surface area contributed by atoms with Gasteiger partial charge in [-0.05, 0) is 63.1 Å². The van der Waals surface area contributed by atoms with E-state index >= 15 is 0 Å². The van der Waals surface area contributed by atoms with Gasteiger partial charge in [0, 0.05) is 23.6 Å². The number of nitrogens with zero attached hydrogens (tertiary/aromatic N) is 2. The number of halogens is 1. The molecule has 26 heavy (non-hydrogen) atoms. The van der Waals surface area contributed by atoms with Crippen LogP contribution in [0.3, 0.4) is 0 Å². The molecule has 0 saturated carbocycles. The van der Waals surface area contributed by atoms with Gasteiger partial charge in [-0.2, -0.15) is 5.10 Å². The van der Waals surface area contributed by atoms with Gasteiger partial charge >= 0.3 is 5.97 Å². The lowest BCUT2D eigenvalue weighted by atomic mass is 10.1. The Labute approximate surface area is 158 Å². The van der Waals surface area contributed by atoms with Crippen molar-refractivity contribution < 1.29 is 14.6 Å². The molecule has 0 spiro atoms. The number of unbranched alkanes of at least 4 members (excludes halogenated alkanes) is 1. The Bertz CT molecular complexity index is 769. The largest absolute Gasteiger partial charge is 0.480 e. The molecule has 0 bridgehead atoms. The van der Waals surface area contributed by atoms with Crippen molar-refractivity contribution in [2.75, 3.05) is 24.3 Å². The van der Waals surface area contributed by atoms with E-state index in [9.17, 15) is 4.79 Å². The number of aliphatic carboxylic acids is 1. The van der Waals surface area contributed by atoms with Crippen molar-refractivity contribution in [1.82, 2.24) is 9.78 Å². The fourth-order valence-corrected chi connectivity index (χ4v) is 3.61. The smallest absolute Gasteiger partial charge is 0.322 e. The summed E-state index contributed by atoms with van der Waals surface area (Å²) in [6.07, 6.45) is 5.95. The summed E-state index contributed by atoms with van der Waals surface area (Å²) in [7, 11) is 0. The van der Waals surface area contributed by atoms with Gasteiger partial charge in [-0.3, -0.25) is 4.79 Å². The van der Waals surface area contributed by atoms with Crippen LogP contribution in [-0.2, 0) is 16.0 Å². The molecule has 1 aliphatic rings. The van der Waals surface area contributed by atoms with E-state index in [4.69, 9.17) is 26.5 Å². The van der Waals surface area contributed by atoms with Gasteiger partial charge in [0.2, 0.25) is 0 Å². The summed E-state index contributed by atoms with van der Waals surface area (Å²) < 4.78 is 7.93. The molecule has 1 saturated heterocycles. The molecule has 0 radical (unpaired) electrons. The van der Waals surface area contributed by atoms with Crippen LogP contribution in [0.2, 0.25) is 0 Å². The Morgan fingerprint density at radius 2 is 2.27 bits per heavy atom.